The van der Waals surface area contributed by atoms with Gasteiger partial charge in [-0.3, -0.25) is 4.79 Å². The van der Waals surface area contributed by atoms with E-state index in [0.717, 1.165) is 22.6 Å². The molecule has 5 heteroatoms. The maximum atomic E-state index is 12.8. The number of carbonyl (C=O) groups excluding carboxylic acids is 1. The minimum atomic E-state index is -0.302. The van der Waals surface area contributed by atoms with Crippen molar-refractivity contribution in [3.8, 4) is 0 Å². The summed E-state index contributed by atoms with van der Waals surface area (Å²) in [6.07, 6.45) is 2.15. The van der Waals surface area contributed by atoms with E-state index in [0.29, 0.717) is 6.54 Å². The summed E-state index contributed by atoms with van der Waals surface area (Å²) in [7, 11) is 0. The number of rotatable bonds is 4. The van der Waals surface area contributed by atoms with Gasteiger partial charge in [0.25, 0.3) is 0 Å². The molecule has 0 aliphatic rings. The van der Waals surface area contributed by atoms with Crippen LogP contribution in [0.15, 0.2) is 48.7 Å². The molecule has 2 aromatic heterocycles. The Morgan fingerprint density at radius 3 is 2.73 bits per heavy atom. The van der Waals surface area contributed by atoms with E-state index in [9.17, 15) is 9.18 Å². The summed E-state index contributed by atoms with van der Waals surface area (Å²) in [6.45, 7) is 2.38. The first kappa shape index (κ1) is 14.3. The van der Waals surface area contributed by atoms with Crippen LogP contribution in [0.4, 0.5) is 4.39 Å². The Balaban J connectivity index is 1.62. The van der Waals surface area contributed by atoms with Gasteiger partial charge < -0.3 is 9.72 Å². The van der Waals surface area contributed by atoms with E-state index in [1.54, 1.807) is 12.1 Å². The summed E-state index contributed by atoms with van der Waals surface area (Å²) in [5, 5.41) is 2.83. The summed E-state index contributed by atoms with van der Waals surface area (Å²) >= 11 is 0. The molecule has 0 saturated carbocycles. The standard InChI is InChI=1S/C17H16FN3O/c1-12-3-2-4-16-20-15(11-21(12)16)10-19-17(22)9-13-5-7-14(18)8-6-13/h2-8,11H,9-10H2,1H3,(H,19,22). The van der Waals surface area contributed by atoms with E-state index < -0.39 is 0 Å². The lowest BCUT2D eigenvalue weighted by atomic mass is 10.1. The Hall–Kier alpha value is -2.69. The fourth-order valence-corrected chi connectivity index (χ4v) is 2.32. The van der Waals surface area contributed by atoms with Gasteiger partial charge >= 0.3 is 0 Å². The molecule has 0 radical (unpaired) electrons. The van der Waals surface area contributed by atoms with Crippen molar-refractivity contribution in [2.45, 2.75) is 19.9 Å². The highest BCUT2D eigenvalue weighted by atomic mass is 19.1. The van der Waals surface area contributed by atoms with Gasteiger partial charge in [0.15, 0.2) is 0 Å². The molecule has 0 fully saturated rings. The van der Waals surface area contributed by atoms with E-state index in [4.69, 9.17) is 0 Å². The van der Waals surface area contributed by atoms with Crippen LogP contribution in [0.2, 0.25) is 0 Å². The number of imidazole rings is 1. The molecule has 22 heavy (non-hydrogen) atoms. The topological polar surface area (TPSA) is 46.4 Å². The van der Waals surface area contributed by atoms with Gasteiger partial charge in [0.1, 0.15) is 11.5 Å². The van der Waals surface area contributed by atoms with Gasteiger partial charge in [-0.1, -0.05) is 18.2 Å². The first-order valence-electron chi connectivity index (χ1n) is 7.06. The van der Waals surface area contributed by atoms with Crippen molar-refractivity contribution in [1.82, 2.24) is 14.7 Å². The highest BCUT2D eigenvalue weighted by Crippen LogP contribution is 2.08. The first-order valence-corrected chi connectivity index (χ1v) is 7.06. The summed E-state index contributed by atoms with van der Waals surface area (Å²) in [5.41, 5.74) is 3.54. The average Bonchev–Trinajstić information content (AvgIpc) is 2.92. The van der Waals surface area contributed by atoms with Gasteiger partial charge in [-0.25, -0.2) is 9.37 Å². The number of aryl methyl sites for hydroxylation is 1. The predicted octanol–water partition coefficient (Wildman–Crippen LogP) is 2.64. The van der Waals surface area contributed by atoms with Crippen molar-refractivity contribution in [3.05, 3.63) is 71.4 Å². The van der Waals surface area contributed by atoms with Crippen LogP contribution >= 0.6 is 0 Å². The van der Waals surface area contributed by atoms with Crippen LogP contribution in [0.1, 0.15) is 17.0 Å². The zero-order valence-corrected chi connectivity index (χ0v) is 12.2. The molecule has 0 aliphatic heterocycles. The largest absolute Gasteiger partial charge is 0.350 e. The van der Waals surface area contributed by atoms with Gasteiger partial charge in [-0.05, 0) is 36.8 Å². The number of nitrogens with one attached hydrogen (secondary N) is 1. The lowest BCUT2D eigenvalue weighted by Gasteiger charge is -2.03. The van der Waals surface area contributed by atoms with Gasteiger partial charge in [-0.2, -0.15) is 0 Å². The molecule has 112 valence electrons. The van der Waals surface area contributed by atoms with E-state index >= 15 is 0 Å². The Morgan fingerprint density at radius 2 is 2.00 bits per heavy atom. The van der Waals surface area contributed by atoms with Crippen LogP contribution in [0, 0.1) is 12.7 Å². The lowest BCUT2D eigenvalue weighted by Crippen LogP contribution is -2.24. The molecule has 0 atom stereocenters. The smallest absolute Gasteiger partial charge is 0.224 e. The van der Waals surface area contributed by atoms with E-state index in [-0.39, 0.29) is 18.1 Å². The molecular formula is C17H16FN3O. The van der Waals surface area contributed by atoms with Crippen molar-refractivity contribution in [1.29, 1.82) is 0 Å². The van der Waals surface area contributed by atoms with Crippen LogP contribution in [0.5, 0.6) is 0 Å². The molecule has 0 spiro atoms. The number of aromatic nitrogens is 2. The molecule has 0 unspecified atom stereocenters. The molecule has 4 nitrogen and oxygen atoms in total. The number of halogens is 1. The average molecular weight is 297 g/mol. The fourth-order valence-electron chi connectivity index (χ4n) is 2.32. The molecule has 0 aliphatic carbocycles. The van der Waals surface area contributed by atoms with Gasteiger partial charge in [0.05, 0.1) is 18.7 Å². The number of pyridine rings is 1. The Morgan fingerprint density at radius 1 is 1.23 bits per heavy atom. The van der Waals surface area contributed by atoms with Gasteiger partial charge in [-0.15, -0.1) is 0 Å². The van der Waals surface area contributed by atoms with E-state index in [1.165, 1.54) is 12.1 Å². The third-order valence-electron chi connectivity index (χ3n) is 3.49. The summed E-state index contributed by atoms with van der Waals surface area (Å²) in [4.78, 5) is 16.4. The highest BCUT2D eigenvalue weighted by Gasteiger charge is 2.06. The van der Waals surface area contributed by atoms with Crippen molar-refractivity contribution < 1.29 is 9.18 Å². The number of hydrogen-bond acceptors (Lipinski definition) is 2. The maximum absolute atomic E-state index is 12.8. The van der Waals surface area contributed by atoms with E-state index in [2.05, 4.69) is 10.3 Å². The first-order chi connectivity index (χ1) is 10.6. The van der Waals surface area contributed by atoms with E-state index in [1.807, 2.05) is 35.7 Å². The van der Waals surface area contributed by atoms with Crippen LogP contribution in [0.25, 0.3) is 5.65 Å². The molecule has 1 aromatic carbocycles. The van der Waals surface area contributed by atoms with Crippen molar-refractivity contribution >= 4 is 11.6 Å². The molecule has 1 N–H and O–H groups in total. The highest BCUT2D eigenvalue weighted by molar-refractivity contribution is 5.78. The second kappa shape index (κ2) is 5.97. The second-order valence-electron chi connectivity index (χ2n) is 5.21. The quantitative estimate of drug-likeness (QED) is 0.804. The summed E-state index contributed by atoms with van der Waals surface area (Å²) < 4.78 is 14.8. The number of nitrogens with zero attached hydrogens (tertiary/aromatic N) is 2. The number of benzene rings is 1. The summed E-state index contributed by atoms with van der Waals surface area (Å²) in [6, 6.07) is 11.8. The molecule has 3 aromatic rings. The third-order valence-corrected chi connectivity index (χ3v) is 3.49. The SMILES string of the molecule is Cc1cccc2nc(CNC(=O)Cc3ccc(F)cc3)cn12. The van der Waals surface area contributed by atoms with Crippen molar-refractivity contribution in [2.24, 2.45) is 0 Å². The number of carbonyl (C=O) groups is 1. The lowest BCUT2D eigenvalue weighted by molar-refractivity contribution is -0.120. The van der Waals surface area contributed by atoms with Crippen LogP contribution in [-0.2, 0) is 17.8 Å². The maximum Gasteiger partial charge on any atom is 0.224 e. The second-order valence-corrected chi connectivity index (χ2v) is 5.21. The van der Waals surface area contributed by atoms with Gasteiger partial charge in [0.2, 0.25) is 5.91 Å². The predicted molar refractivity (Wildman–Crippen MR) is 81.9 cm³/mol. The summed E-state index contributed by atoms with van der Waals surface area (Å²) in [5.74, 6) is -0.412. The fraction of sp³-hybridized carbons (Fsp3) is 0.176. The van der Waals surface area contributed by atoms with Crippen molar-refractivity contribution in [3.63, 3.8) is 0 Å². The molecule has 0 bridgehead atoms. The molecule has 3 rings (SSSR count). The third kappa shape index (κ3) is 3.14. The zero-order chi connectivity index (χ0) is 15.5. The zero-order valence-electron chi connectivity index (χ0n) is 12.2. The Bertz CT molecular complexity index is 808. The van der Waals surface area contributed by atoms with Crippen LogP contribution < -0.4 is 5.32 Å². The number of fused-ring (bicyclic) bond motifs is 1. The minimum absolute atomic E-state index is 0.111. The molecular weight excluding hydrogens is 281 g/mol. The number of hydrogen-bond donors (Lipinski definition) is 1. The monoisotopic (exact) mass is 297 g/mol. The Kier molecular flexibility index (Phi) is 3.87. The molecule has 1 amide bonds. The van der Waals surface area contributed by atoms with Gasteiger partial charge in [0, 0.05) is 11.9 Å². The van der Waals surface area contributed by atoms with Crippen molar-refractivity contribution in [2.75, 3.05) is 0 Å². The minimum Gasteiger partial charge on any atom is -0.350 e. The molecule has 0 saturated heterocycles. The van der Waals surface area contributed by atoms with Crippen LogP contribution in [-0.4, -0.2) is 15.3 Å². The number of amides is 1. The van der Waals surface area contributed by atoms with Crippen LogP contribution in [0.3, 0.4) is 0 Å². The molecule has 2 heterocycles. The Labute approximate surface area is 127 Å². The normalized spacial score (nSPS) is 10.8.